The molecule has 1 aliphatic heterocycles. The summed E-state index contributed by atoms with van der Waals surface area (Å²) < 4.78 is 11.6. The normalized spacial score (nSPS) is 21.1. The van der Waals surface area contributed by atoms with Crippen LogP contribution < -0.4 is 0 Å². The maximum atomic E-state index is 12.6. The topological polar surface area (TPSA) is 55.8 Å². The van der Waals surface area contributed by atoms with Gasteiger partial charge < -0.3 is 9.47 Å². The number of esters is 2. The van der Waals surface area contributed by atoms with Gasteiger partial charge in [0.2, 0.25) is 0 Å². The molecule has 2 unspecified atom stereocenters. The van der Waals surface area contributed by atoms with Gasteiger partial charge in [-0.05, 0) is 63.2 Å². The maximum absolute atomic E-state index is 12.6. The van der Waals surface area contributed by atoms with E-state index in [9.17, 15) is 9.59 Å². The second kappa shape index (κ2) is 11.8. The Hall–Kier alpha value is -1.10. The van der Waals surface area contributed by atoms with Crippen LogP contribution in [0.4, 0.5) is 0 Å². The number of rotatable bonds is 10. The zero-order valence-corrected chi connectivity index (χ0v) is 24.5. The summed E-state index contributed by atoms with van der Waals surface area (Å²) in [6, 6.07) is 0. The van der Waals surface area contributed by atoms with E-state index in [1.54, 1.807) is 0 Å². The van der Waals surface area contributed by atoms with Gasteiger partial charge in [0, 0.05) is 43.3 Å². The van der Waals surface area contributed by atoms with E-state index in [2.05, 4.69) is 88.0 Å². The SMILES string of the molecule is CC(CC(=O)OCCN1C(C)(C)CC(OC(=O)CC(C)CC(C)(C)C)CC1(C)C)CC(C)(C)C. The fourth-order valence-electron chi connectivity index (χ4n) is 6.26. The van der Waals surface area contributed by atoms with Crippen molar-refractivity contribution in [1.82, 2.24) is 4.90 Å². The Morgan fingerprint density at radius 2 is 1.24 bits per heavy atom. The number of likely N-dealkylation sites (tertiary alicyclic amines) is 1. The third-order valence-electron chi connectivity index (χ3n) is 6.74. The summed E-state index contributed by atoms with van der Waals surface area (Å²) in [5.41, 5.74) is 0.112. The van der Waals surface area contributed by atoms with Gasteiger partial charge >= 0.3 is 11.9 Å². The highest BCUT2D eigenvalue weighted by molar-refractivity contribution is 5.70. The monoisotopic (exact) mass is 481 g/mol. The van der Waals surface area contributed by atoms with Gasteiger partial charge in [0.05, 0.1) is 0 Å². The van der Waals surface area contributed by atoms with Crippen LogP contribution >= 0.6 is 0 Å². The number of hydrogen-bond acceptors (Lipinski definition) is 5. The zero-order valence-electron chi connectivity index (χ0n) is 24.5. The molecule has 0 spiro atoms. The van der Waals surface area contributed by atoms with E-state index in [1.165, 1.54) is 0 Å². The van der Waals surface area contributed by atoms with E-state index < -0.39 is 0 Å². The average Bonchev–Trinajstić information content (AvgIpc) is 2.52. The van der Waals surface area contributed by atoms with Crippen LogP contribution in [0.5, 0.6) is 0 Å². The molecule has 1 fully saturated rings. The van der Waals surface area contributed by atoms with Crippen molar-refractivity contribution in [3.63, 3.8) is 0 Å². The van der Waals surface area contributed by atoms with Crippen LogP contribution in [-0.4, -0.2) is 47.2 Å². The lowest BCUT2D eigenvalue weighted by Crippen LogP contribution is -2.63. The largest absolute Gasteiger partial charge is 0.464 e. The number of carbonyl (C=O) groups excluding carboxylic acids is 2. The van der Waals surface area contributed by atoms with E-state index in [-0.39, 0.29) is 40.0 Å². The van der Waals surface area contributed by atoms with Crippen LogP contribution in [0.3, 0.4) is 0 Å². The van der Waals surface area contributed by atoms with Crippen molar-refractivity contribution in [2.45, 2.75) is 139 Å². The van der Waals surface area contributed by atoms with Crippen molar-refractivity contribution in [3.05, 3.63) is 0 Å². The molecule has 200 valence electrons. The van der Waals surface area contributed by atoms with Crippen LogP contribution in [0, 0.1) is 22.7 Å². The molecular weight excluding hydrogens is 426 g/mol. The van der Waals surface area contributed by atoms with Crippen molar-refractivity contribution < 1.29 is 19.1 Å². The Kier molecular flexibility index (Phi) is 10.7. The summed E-state index contributed by atoms with van der Waals surface area (Å²) >= 11 is 0. The van der Waals surface area contributed by atoms with E-state index >= 15 is 0 Å². The molecule has 5 nitrogen and oxygen atoms in total. The van der Waals surface area contributed by atoms with Gasteiger partial charge in [-0.25, -0.2) is 0 Å². The summed E-state index contributed by atoms with van der Waals surface area (Å²) in [5.74, 6) is 0.437. The predicted octanol–water partition coefficient (Wildman–Crippen LogP) is 7.02. The minimum atomic E-state index is -0.157. The molecule has 0 N–H and O–H groups in total. The van der Waals surface area contributed by atoms with Crippen molar-refractivity contribution in [3.8, 4) is 0 Å². The number of ether oxygens (including phenoxy) is 2. The molecule has 0 radical (unpaired) electrons. The molecule has 0 saturated carbocycles. The van der Waals surface area contributed by atoms with Crippen LogP contribution in [0.25, 0.3) is 0 Å². The molecule has 34 heavy (non-hydrogen) atoms. The molecule has 5 heteroatoms. The van der Waals surface area contributed by atoms with Crippen molar-refractivity contribution >= 4 is 11.9 Å². The summed E-state index contributed by atoms with van der Waals surface area (Å²) in [5, 5.41) is 0. The van der Waals surface area contributed by atoms with E-state index in [0.717, 1.165) is 25.7 Å². The number of piperidine rings is 1. The van der Waals surface area contributed by atoms with Crippen LogP contribution in [0.1, 0.15) is 122 Å². The second-order valence-corrected chi connectivity index (χ2v) is 14.7. The van der Waals surface area contributed by atoms with Crippen molar-refractivity contribution in [1.29, 1.82) is 0 Å². The Bertz CT molecular complexity index is 651. The second-order valence-electron chi connectivity index (χ2n) is 14.7. The molecule has 1 aliphatic rings. The third-order valence-corrected chi connectivity index (χ3v) is 6.74. The summed E-state index contributed by atoms with van der Waals surface area (Å²) in [6.45, 7) is 27.3. The maximum Gasteiger partial charge on any atom is 0.306 e. The average molecular weight is 482 g/mol. The predicted molar refractivity (Wildman–Crippen MR) is 141 cm³/mol. The molecule has 1 rings (SSSR count). The van der Waals surface area contributed by atoms with Gasteiger partial charge in [0.15, 0.2) is 0 Å². The molecule has 0 aromatic rings. The molecule has 0 aliphatic carbocycles. The van der Waals surface area contributed by atoms with Crippen LogP contribution in [0.15, 0.2) is 0 Å². The first-order valence-electron chi connectivity index (χ1n) is 13.3. The van der Waals surface area contributed by atoms with E-state index in [0.29, 0.717) is 37.8 Å². The molecule has 0 aromatic heterocycles. The van der Waals surface area contributed by atoms with Crippen LogP contribution in [0.2, 0.25) is 0 Å². The quantitative estimate of drug-likeness (QED) is 0.314. The van der Waals surface area contributed by atoms with Crippen molar-refractivity contribution in [2.24, 2.45) is 22.7 Å². The molecular formula is C29H55NO4. The van der Waals surface area contributed by atoms with E-state index in [1.807, 2.05) is 0 Å². The summed E-state index contributed by atoms with van der Waals surface area (Å²) in [4.78, 5) is 27.4. The van der Waals surface area contributed by atoms with Gasteiger partial charge in [0.25, 0.3) is 0 Å². The lowest BCUT2D eigenvalue weighted by Gasteiger charge is -2.54. The summed E-state index contributed by atoms with van der Waals surface area (Å²) in [7, 11) is 0. The molecule has 0 bridgehead atoms. The standard InChI is InChI=1S/C29H55NO4/c1-21(17-26(3,4)5)15-24(31)33-14-13-30-28(9,10)19-23(20-29(30,11)12)34-25(32)16-22(2)18-27(6,7)8/h21-23H,13-20H2,1-12H3. The lowest BCUT2D eigenvalue weighted by molar-refractivity contribution is -0.164. The third kappa shape index (κ3) is 11.6. The van der Waals surface area contributed by atoms with Crippen molar-refractivity contribution in [2.75, 3.05) is 13.2 Å². The Morgan fingerprint density at radius 1 is 0.824 bits per heavy atom. The molecule has 2 atom stereocenters. The van der Waals surface area contributed by atoms with Gasteiger partial charge in [-0.2, -0.15) is 0 Å². The summed E-state index contributed by atoms with van der Waals surface area (Å²) in [6.07, 6.45) is 4.43. The Labute approximate surface area is 210 Å². The highest BCUT2D eigenvalue weighted by Crippen LogP contribution is 2.39. The minimum Gasteiger partial charge on any atom is -0.464 e. The minimum absolute atomic E-state index is 0.0832. The number of hydrogen-bond donors (Lipinski definition) is 0. The molecule has 1 heterocycles. The zero-order chi connectivity index (χ0) is 26.5. The van der Waals surface area contributed by atoms with Gasteiger partial charge in [-0.1, -0.05) is 55.4 Å². The fourth-order valence-corrected chi connectivity index (χ4v) is 6.26. The fraction of sp³-hybridized carbons (Fsp3) is 0.931. The lowest BCUT2D eigenvalue weighted by atomic mass is 9.78. The number of carbonyl (C=O) groups is 2. The first kappa shape index (κ1) is 30.9. The number of nitrogens with zero attached hydrogens (tertiary/aromatic N) is 1. The van der Waals surface area contributed by atoms with Gasteiger partial charge in [0.1, 0.15) is 12.7 Å². The highest BCUT2D eigenvalue weighted by Gasteiger charge is 2.46. The van der Waals surface area contributed by atoms with Gasteiger partial charge in [-0.3, -0.25) is 14.5 Å². The first-order valence-corrected chi connectivity index (χ1v) is 13.3. The van der Waals surface area contributed by atoms with E-state index in [4.69, 9.17) is 9.47 Å². The first-order chi connectivity index (χ1) is 15.2. The smallest absolute Gasteiger partial charge is 0.306 e. The Balaban J connectivity index is 2.59. The van der Waals surface area contributed by atoms with Gasteiger partial charge in [-0.15, -0.1) is 0 Å². The molecule has 1 saturated heterocycles. The molecule has 0 aromatic carbocycles. The Morgan fingerprint density at radius 3 is 1.65 bits per heavy atom. The molecule has 0 amide bonds. The highest BCUT2D eigenvalue weighted by atomic mass is 16.5. The van der Waals surface area contributed by atoms with Crippen LogP contribution in [-0.2, 0) is 19.1 Å².